The third-order valence-electron chi connectivity index (χ3n) is 3.51. The van der Waals surface area contributed by atoms with Crippen LogP contribution in [0.5, 0.6) is 0 Å². The zero-order chi connectivity index (χ0) is 18.0. The average Bonchev–Trinajstić information content (AvgIpc) is 2.54. The molecule has 8 heteroatoms. The number of hydrogen-bond acceptors (Lipinski definition) is 5. The van der Waals surface area contributed by atoms with Gasteiger partial charge in [-0.25, -0.2) is 21.6 Å². The van der Waals surface area contributed by atoms with Crippen molar-refractivity contribution in [2.75, 3.05) is 12.5 Å². The van der Waals surface area contributed by atoms with Gasteiger partial charge in [0.1, 0.15) is 0 Å². The van der Waals surface area contributed by atoms with Crippen molar-refractivity contribution in [3.63, 3.8) is 0 Å². The monoisotopic (exact) mass is 385 g/mol. The van der Waals surface area contributed by atoms with Crippen LogP contribution in [0.1, 0.15) is 18.5 Å². The van der Waals surface area contributed by atoms with Crippen molar-refractivity contribution in [1.82, 2.24) is 4.72 Å². The highest BCUT2D eigenvalue weighted by molar-refractivity contribution is 7.98. The summed E-state index contributed by atoms with van der Waals surface area (Å²) in [7, 11) is -6.92. The molecule has 0 aromatic heterocycles. The van der Waals surface area contributed by atoms with Crippen LogP contribution in [0.15, 0.2) is 63.2 Å². The second kappa shape index (κ2) is 7.26. The Labute approximate surface area is 147 Å². The summed E-state index contributed by atoms with van der Waals surface area (Å²) in [5.74, 6) is 0. The van der Waals surface area contributed by atoms with Crippen LogP contribution < -0.4 is 4.72 Å². The second-order valence-corrected chi connectivity index (χ2v) is 9.97. The summed E-state index contributed by atoms with van der Waals surface area (Å²) in [5, 5.41) is 0. The van der Waals surface area contributed by atoms with Crippen LogP contribution in [0.2, 0.25) is 0 Å². The van der Waals surface area contributed by atoms with Gasteiger partial charge in [0.05, 0.1) is 9.79 Å². The Morgan fingerprint density at radius 3 is 1.83 bits per heavy atom. The summed E-state index contributed by atoms with van der Waals surface area (Å²) >= 11 is 1.54. The highest BCUT2D eigenvalue weighted by Gasteiger charge is 2.18. The quantitative estimate of drug-likeness (QED) is 0.774. The van der Waals surface area contributed by atoms with Crippen LogP contribution >= 0.6 is 11.8 Å². The molecule has 24 heavy (non-hydrogen) atoms. The molecule has 0 fully saturated rings. The van der Waals surface area contributed by atoms with Gasteiger partial charge in [-0.15, -0.1) is 11.8 Å². The lowest BCUT2D eigenvalue weighted by Crippen LogP contribution is -2.26. The molecule has 2 aromatic rings. The lowest BCUT2D eigenvalue weighted by Gasteiger charge is -2.15. The van der Waals surface area contributed by atoms with Crippen LogP contribution in [0.3, 0.4) is 0 Å². The Kier molecular flexibility index (Phi) is 5.74. The van der Waals surface area contributed by atoms with Crippen LogP contribution in [0.25, 0.3) is 0 Å². The first kappa shape index (κ1) is 19.0. The molecule has 0 aliphatic heterocycles. The van der Waals surface area contributed by atoms with E-state index in [0.29, 0.717) is 5.56 Å². The Morgan fingerprint density at radius 2 is 1.38 bits per heavy atom. The standard InChI is InChI=1S/C16H19NO4S3/c1-12(13-4-8-15(9-5-13)23(3,18)19)17-24(20,21)16-10-6-14(22-2)7-11-16/h4-12,17H,1-3H3. The Hall–Kier alpha value is -1.35. The fourth-order valence-corrected chi connectivity index (χ4v) is 4.40. The number of rotatable bonds is 6. The van der Waals surface area contributed by atoms with Gasteiger partial charge < -0.3 is 0 Å². The zero-order valence-corrected chi connectivity index (χ0v) is 16.0. The minimum atomic E-state index is -3.65. The third kappa shape index (κ3) is 4.60. The van der Waals surface area contributed by atoms with Crippen molar-refractivity contribution >= 4 is 31.6 Å². The molecule has 1 atom stereocenters. The number of thioether (sulfide) groups is 1. The molecule has 1 N–H and O–H groups in total. The molecule has 0 saturated heterocycles. The van der Waals surface area contributed by atoms with Gasteiger partial charge in [-0.2, -0.15) is 0 Å². The number of nitrogens with one attached hydrogen (secondary N) is 1. The maximum Gasteiger partial charge on any atom is 0.241 e. The smallest absolute Gasteiger partial charge is 0.224 e. The molecule has 0 saturated carbocycles. The first-order valence-corrected chi connectivity index (χ1v) is 11.7. The van der Waals surface area contributed by atoms with Crippen molar-refractivity contribution in [3.8, 4) is 0 Å². The molecule has 5 nitrogen and oxygen atoms in total. The summed E-state index contributed by atoms with van der Waals surface area (Å²) < 4.78 is 50.4. The third-order valence-corrected chi connectivity index (χ3v) is 6.94. The van der Waals surface area contributed by atoms with Crippen LogP contribution in [0.4, 0.5) is 0 Å². The fourth-order valence-electron chi connectivity index (χ4n) is 2.13. The molecule has 2 aromatic carbocycles. The molecule has 0 aliphatic carbocycles. The summed E-state index contributed by atoms with van der Waals surface area (Å²) in [5.41, 5.74) is 0.687. The van der Waals surface area contributed by atoms with Crippen molar-refractivity contribution in [1.29, 1.82) is 0 Å². The predicted molar refractivity (Wildman–Crippen MR) is 96.5 cm³/mol. The number of sulfone groups is 1. The molecule has 2 rings (SSSR count). The Balaban J connectivity index is 2.19. The van der Waals surface area contributed by atoms with E-state index in [1.807, 2.05) is 6.26 Å². The van der Waals surface area contributed by atoms with E-state index in [-0.39, 0.29) is 9.79 Å². The Morgan fingerprint density at radius 1 is 0.875 bits per heavy atom. The largest absolute Gasteiger partial charge is 0.241 e. The van der Waals surface area contributed by atoms with Crippen molar-refractivity contribution in [3.05, 3.63) is 54.1 Å². The molecule has 0 spiro atoms. The van der Waals surface area contributed by atoms with Gasteiger partial charge in [-0.1, -0.05) is 12.1 Å². The first-order chi connectivity index (χ1) is 11.1. The van der Waals surface area contributed by atoms with Gasteiger partial charge in [0.2, 0.25) is 10.0 Å². The number of benzene rings is 2. The molecular weight excluding hydrogens is 366 g/mol. The highest BCUT2D eigenvalue weighted by Crippen LogP contribution is 2.21. The molecule has 1 unspecified atom stereocenters. The Bertz CT molecular complexity index is 903. The average molecular weight is 386 g/mol. The second-order valence-electron chi connectivity index (χ2n) is 5.36. The molecule has 0 amide bonds. The van der Waals surface area contributed by atoms with Gasteiger partial charge in [0, 0.05) is 17.2 Å². The fraction of sp³-hybridized carbons (Fsp3) is 0.250. The van der Waals surface area contributed by atoms with Crippen molar-refractivity contribution < 1.29 is 16.8 Å². The molecule has 130 valence electrons. The first-order valence-electron chi connectivity index (χ1n) is 7.10. The molecule has 0 aliphatic rings. The number of sulfonamides is 1. The van der Waals surface area contributed by atoms with E-state index in [0.717, 1.165) is 11.2 Å². The minimum absolute atomic E-state index is 0.194. The van der Waals surface area contributed by atoms with Gasteiger partial charge in [0.15, 0.2) is 9.84 Å². The SMILES string of the molecule is CSc1ccc(S(=O)(=O)NC(C)c2ccc(S(C)(=O)=O)cc2)cc1. The number of hydrogen-bond donors (Lipinski definition) is 1. The lowest BCUT2D eigenvalue weighted by atomic mass is 10.1. The molecule has 0 bridgehead atoms. The maximum absolute atomic E-state index is 12.4. The molecular formula is C16H19NO4S3. The van der Waals surface area contributed by atoms with E-state index >= 15 is 0 Å². The molecule has 0 radical (unpaired) electrons. The van der Waals surface area contributed by atoms with Crippen molar-refractivity contribution in [2.24, 2.45) is 0 Å². The lowest BCUT2D eigenvalue weighted by molar-refractivity contribution is 0.566. The zero-order valence-electron chi connectivity index (χ0n) is 13.6. The van der Waals surface area contributed by atoms with E-state index in [2.05, 4.69) is 4.72 Å². The summed E-state index contributed by atoms with van der Waals surface area (Å²) in [4.78, 5) is 1.38. The van der Waals surface area contributed by atoms with Gasteiger partial charge in [-0.3, -0.25) is 0 Å². The van der Waals surface area contributed by atoms with Gasteiger partial charge in [-0.05, 0) is 55.1 Å². The van der Waals surface area contributed by atoms with E-state index in [4.69, 9.17) is 0 Å². The molecule has 0 heterocycles. The van der Waals surface area contributed by atoms with Crippen LogP contribution in [-0.2, 0) is 19.9 Å². The highest BCUT2D eigenvalue weighted by atomic mass is 32.2. The van der Waals surface area contributed by atoms with Gasteiger partial charge >= 0.3 is 0 Å². The summed E-state index contributed by atoms with van der Waals surface area (Å²) in [6.07, 6.45) is 3.05. The topological polar surface area (TPSA) is 80.3 Å². The normalized spacial score (nSPS) is 13.6. The summed E-state index contributed by atoms with van der Waals surface area (Å²) in [6.45, 7) is 1.71. The van der Waals surface area contributed by atoms with E-state index in [9.17, 15) is 16.8 Å². The maximum atomic E-state index is 12.4. The van der Waals surface area contributed by atoms with E-state index in [1.54, 1.807) is 43.3 Å². The minimum Gasteiger partial charge on any atom is -0.224 e. The van der Waals surface area contributed by atoms with Gasteiger partial charge in [0.25, 0.3) is 0 Å². The summed E-state index contributed by atoms with van der Waals surface area (Å²) in [6, 6.07) is 12.3. The predicted octanol–water partition coefficient (Wildman–Crippen LogP) is 2.85. The van der Waals surface area contributed by atoms with Crippen LogP contribution in [-0.4, -0.2) is 29.3 Å². The van der Waals surface area contributed by atoms with E-state index < -0.39 is 25.9 Å². The van der Waals surface area contributed by atoms with E-state index in [1.165, 1.54) is 23.9 Å². The van der Waals surface area contributed by atoms with Crippen molar-refractivity contribution in [2.45, 2.75) is 27.7 Å². The van der Waals surface area contributed by atoms with Crippen LogP contribution in [0, 0.1) is 0 Å².